The highest BCUT2D eigenvalue weighted by Gasteiger charge is 2.28. The molecular weight excluding hydrogens is 598 g/mol. The van der Waals surface area contributed by atoms with Crippen LogP contribution in [0.3, 0.4) is 0 Å². The molecule has 0 saturated heterocycles. The van der Waals surface area contributed by atoms with Crippen molar-refractivity contribution in [1.29, 1.82) is 0 Å². The Morgan fingerprint density at radius 2 is 0.745 bits per heavy atom. The van der Waals surface area contributed by atoms with Crippen LogP contribution in [0.5, 0.6) is 11.5 Å². The first-order chi connectivity index (χ1) is 23.2. The number of hydrogen-bond donors (Lipinski definition) is 0. The molecule has 0 radical (unpaired) electrons. The normalized spacial score (nSPS) is 11.6. The molecular formula is C42H30ClN3O. The number of para-hydroxylation sites is 4. The minimum atomic E-state index is 0.691. The van der Waals surface area contributed by atoms with Crippen molar-refractivity contribution in [3.63, 3.8) is 0 Å². The van der Waals surface area contributed by atoms with E-state index >= 15 is 0 Å². The van der Waals surface area contributed by atoms with Gasteiger partial charge in [0.25, 0.3) is 0 Å². The number of hydrogen-bond acceptors (Lipinski definition) is 4. The summed E-state index contributed by atoms with van der Waals surface area (Å²) in [4.78, 5) is 6.73. The lowest BCUT2D eigenvalue weighted by atomic mass is 10.1. The number of rotatable bonds is 7. The second kappa shape index (κ2) is 12.4. The van der Waals surface area contributed by atoms with Crippen LogP contribution in [0.1, 0.15) is 0 Å². The van der Waals surface area contributed by atoms with Gasteiger partial charge in [-0.05, 0) is 97.1 Å². The van der Waals surface area contributed by atoms with Gasteiger partial charge in [-0.25, -0.2) is 0 Å². The lowest BCUT2D eigenvalue weighted by molar-refractivity contribution is 0.477. The zero-order chi connectivity index (χ0) is 31.6. The topological polar surface area (TPSA) is 19.0 Å². The molecule has 47 heavy (non-hydrogen) atoms. The molecule has 0 unspecified atom stereocenters. The van der Waals surface area contributed by atoms with E-state index in [1.165, 1.54) is 0 Å². The number of halogens is 1. The van der Waals surface area contributed by atoms with Crippen molar-refractivity contribution in [3.8, 4) is 11.5 Å². The molecule has 1 aliphatic rings. The van der Waals surface area contributed by atoms with Crippen LogP contribution in [0.15, 0.2) is 182 Å². The second-order valence-electron chi connectivity index (χ2n) is 11.2. The first-order valence-corrected chi connectivity index (χ1v) is 15.9. The van der Waals surface area contributed by atoms with Crippen LogP contribution in [-0.2, 0) is 0 Å². The van der Waals surface area contributed by atoms with Crippen LogP contribution >= 0.6 is 11.6 Å². The summed E-state index contributed by atoms with van der Waals surface area (Å²) in [6.07, 6.45) is 0. The van der Waals surface area contributed by atoms with Crippen LogP contribution < -0.4 is 19.4 Å². The van der Waals surface area contributed by atoms with Gasteiger partial charge in [0.15, 0.2) is 11.5 Å². The maximum atomic E-state index is 6.86. The molecule has 7 aromatic rings. The minimum Gasteiger partial charge on any atom is -0.453 e. The van der Waals surface area contributed by atoms with Gasteiger partial charge in [-0.1, -0.05) is 84.4 Å². The molecule has 7 aromatic carbocycles. The highest BCUT2D eigenvalue weighted by atomic mass is 35.5. The maximum Gasteiger partial charge on any atom is 0.153 e. The van der Waals surface area contributed by atoms with Crippen LogP contribution in [0.4, 0.5) is 51.2 Å². The van der Waals surface area contributed by atoms with Crippen molar-refractivity contribution in [2.24, 2.45) is 0 Å². The smallest absolute Gasteiger partial charge is 0.153 e. The largest absolute Gasteiger partial charge is 0.453 e. The molecule has 1 heterocycles. The minimum absolute atomic E-state index is 0.691. The van der Waals surface area contributed by atoms with Gasteiger partial charge in [0.1, 0.15) is 0 Å². The molecule has 226 valence electrons. The Kier molecular flexibility index (Phi) is 7.54. The Hall–Kier alpha value is -5.97. The summed E-state index contributed by atoms with van der Waals surface area (Å²) in [5.74, 6) is 1.51. The molecule has 0 N–H and O–H groups in total. The summed E-state index contributed by atoms with van der Waals surface area (Å²) in [6.45, 7) is 0. The van der Waals surface area contributed by atoms with Gasteiger partial charge in [0.05, 0.1) is 11.4 Å². The fraction of sp³-hybridized carbons (Fsp3) is 0. The summed E-state index contributed by atoms with van der Waals surface area (Å²) in [5, 5.41) is 0.691. The van der Waals surface area contributed by atoms with Gasteiger partial charge in [-0.15, -0.1) is 0 Å². The van der Waals surface area contributed by atoms with Gasteiger partial charge in [0.2, 0.25) is 0 Å². The average Bonchev–Trinajstić information content (AvgIpc) is 3.13. The summed E-state index contributed by atoms with van der Waals surface area (Å²) in [5.41, 5.74) is 9.12. The monoisotopic (exact) mass is 627 g/mol. The fourth-order valence-electron chi connectivity index (χ4n) is 6.14. The highest BCUT2D eigenvalue weighted by Crippen LogP contribution is 2.53. The van der Waals surface area contributed by atoms with Gasteiger partial charge >= 0.3 is 0 Å². The summed E-state index contributed by atoms with van der Waals surface area (Å²) in [7, 11) is 0. The lowest BCUT2D eigenvalue weighted by Gasteiger charge is -2.35. The number of nitrogens with zero attached hydrogens (tertiary/aromatic N) is 3. The zero-order valence-corrected chi connectivity index (χ0v) is 26.2. The molecule has 5 heteroatoms. The van der Waals surface area contributed by atoms with E-state index in [1.807, 2.05) is 48.5 Å². The lowest BCUT2D eigenvalue weighted by Crippen LogP contribution is -2.17. The van der Waals surface area contributed by atoms with Crippen molar-refractivity contribution >= 4 is 62.8 Å². The van der Waals surface area contributed by atoms with Crippen LogP contribution in [0, 0.1) is 0 Å². The summed E-state index contributed by atoms with van der Waals surface area (Å²) < 4.78 is 6.86. The standard InChI is InChI=1S/C42H30ClN3O/c43-31-21-23-36(24-22-31)46-39-27-25-37(44(32-13-5-1-6-14-32)33-15-7-2-8-16-33)29-41(39)47-42-30-38(26-28-40(42)46)45(34-17-9-3-10-18-34)35-19-11-4-12-20-35/h1-30H. The van der Waals surface area contributed by atoms with Gasteiger partial charge in [-0.3, -0.25) is 0 Å². The fourth-order valence-corrected chi connectivity index (χ4v) is 6.26. The zero-order valence-electron chi connectivity index (χ0n) is 25.4. The number of benzene rings is 7. The van der Waals surface area contributed by atoms with E-state index in [-0.39, 0.29) is 0 Å². The Morgan fingerprint density at radius 3 is 1.11 bits per heavy atom. The quantitative estimate of drug-likeness (QED) is 0.175. The van der Waals surface area contributed by atoms with Crippen molar-refractivity contribution in [3.05, 3.63) is 187 Å². The van der Waals surface area contributed by atoms with Crippen molar-refractivity contribution in [1.82, 2.24) is 0 Å². The Labute approximate surface area is 279 Å². The molecule has 0 fully saturated rings. The second-order valence-corrected chi connectivity index (χ2v) is 11.7. The first-order valence-electron chi connectivity index (χ1n) is 15.5. The third-order valence-corrected chi connectivity index (χ3v) is 8.50. The van der Waals surface area contributed by atoms with Crippen molar-refractivity contribution in [2.75, 3.05) is 14.7 Å². The van der Waals surface area contributed by atoms with Crippen LogP contribution in [0.2, 0.25) is 5.02 Å². The molecule has 0 saturated carbocycles. The van der Waals surface area contributed by atoms with Crippen LogP contribution in [-0.4, -0.2) is 0 Å². The van der Waals surface area contributed by atoms with E-state index < -0.39 is 0 Å². The molecule has 1 aliphatic heterocycles. The van der Waals surface area contributed by atoms with Gasteiger partial charge in [-0.2, -0.15) is 0 Å². The van der Waals surface area contributed by atoms with Gasteiger partial charge < -0.3 is 19.4 Å². The van der Waals surface area contributed by atoms with E-state index in [1.54, 1.807) is 0 Å². The van der Waals surface area contributed by atoms with Gasteiger partial charge in [0, 0.05) is 57.0 Å². The van der Waals surface area contributed by atoms with E-state index in [2.05, 4.69) is 148 Å². The van der Waals surface area contributed by atoms with E-state index in [9.17, 15) is 0 Å². The first kappa shape index (κ1) is 28.5. The molecule has 0 amide bonds. The number of fused-ring (bicyclic) bond motifs is 2. The van der Waals surface area contributed by atoms with Crippen LogP contribution in [0.25, 0.3) is 0 Å². The molecule has 0 aliphatic carbocycles. The molecule has 0 bridgehead atoms. The Bertz CT molecular complexity index is 1910. The molecule has 0 atom stereocenters. The molecule has 4 nitrogen and oxygen atoms in total. The van der Waals surface area contributed by atoms with Crippen molar-refractivity contribution in [2.45, 2.75) is 0 Å². The van der Waals surface area contributed by atoms with Crippen molar-refractivity contribution < 1.29 is 4.74 Å². The molecule has 8 rings (SSSR count). The predicted molar refractivity (Wildman–Crippen MR) is 196 cm³/mol. The SMILES string of the molecule is Clc1ccc(N2c3ccc(N(c4ccccc4)c4ccccc4)cc3Oc3cc(N(c4ccccc4)c4ccccc4)ccc32)cc1. The van der Waals surface area contributed by atoms with E-state index in [4.69, 9.17) is 16.3 Å². The third-order valence-electron chi connectivity index (χ3n) is 8.25. The third kappa shape index (κ3) is 5.56. The Morgan fingerprint density at radius 1 is 0.383 bits per heavy atom. The molecule has 0 spiro atoms. The number of ether oxygens (including phenoxy) is 1. The predicted octanol–water partition coefficient (Wildman–Crippen LogP) is 12.9. The summed E-state index contributed by atoms with van der Waals surface area (Å²) >= 11 is 6.34. The average molecular weight is 628 g/mol. The highest BCUT2D eigenvalue weighted by molar-refractivity contribution is 6.30. The summed E-state index contributed by atoms with van der Waals surface area (Å²) in [6, 6.07) is 62.4. The van der Waals surface area contributed by atoms with E-state index in [0.29, 0.717) is 5.02 Å². The number of anilines is 9. The van der Waals surface area contributed by atoms with E-state index in [0.717, 1.165) is 62.7 Å². The molecule has 0 aromatic heterocycles. The Balaban J connectivity index is 1.28. The maximum absolute atomic E-state index is 6.86.